The van der Waals surface area contributed by atoms with Gasteiger partial charge in [0.1, 0.15) is 0 Å². The van der Waals surface area contributed by atoms with Gasteiger partial charge in [0.25, 0.3) is 5.91 Å². The van der Waals surface area contributed by atoms with Gasteiger partial charge in [-0.25, -0.2) is 9.37 Å². The van der Waals surface area contributed by atoms with Gasteiger partial charge < -0.3 is 19.7 Å². The summed E-state index contributed by atoms with van der Waals surface area (Å²) in [5.74, 6) is -0.625. The van der Waals surface area contributed by atoms with E-state index in [9.17, 15) is 14.0 Å². The van der Waals surface area contributed by atoms with E-state index >= 15 is 0 Å². The Bertz CT molecular complexity index is 1480. The number of halogens is 1. The average molecular weight is 547 g/mol. The van der Waals surface area contributed by atoms with Crippen molar-refractivity contribution in [2.75, 3.05) is 26.9 Å². The molecule has 2 aliphatic heterocycles. The predicted molar refractivity (Wildman–Crippen MR) is 141 cm³/mol. The lowest BCUT2D eigenvalue weighted by atomic mass is 9.68. The molecule has 2 N–H and O–H groups in total. The number of carbonyl (C=O) groups excluding carboxylic acids is 2. The maximum Gasteiger partial charge on any atom is 0.274 e. The van der Waals surface area contributed by atoms with Gasteiger partial charge in [-0.15, -0.1) is 0 Å². The quantitative estimate of drug-likeness (QED) is 0.503. The Labute approximate surface area is 230 Å². The zero-order valence-corrected chi connectivity index (χ0v) is 22.3. The number of piperidine rings is 1. The summed E-state index contributed by atoms with van der Waals surface area (Å²) in [6.07, 6.45) is 7.58. The van der Waals surface area contributed by atoms with Gasteiger partial charge in [0, 0.05) is 41.2 Å². The predicted octanol–water partition coefficient (Wildman–Crippen LogP) is 3.32. The van der Waals surface area contributed by atoms with Crippen LogP contribution in [0.25, 0.3) is 11.3 Å². The molecule has 4 aliphatic rings. The number of nitrogens with one attached hydrogen (secondary N) is 2. The molecular formula is C29H31FN6O4. The summed E-state index contributed by atoms with van der Waals surface area (Å²) in [5, 5.41) is 10.3. The number of hydrogen-bond donors (Lipinski definition) is 2. The van der Waals surface area contributed by atoms with Gasteiger partial charge in [-0.3, -0.25) is 19.7 Å². The average Bonchev–Trinajstić information content (AvgIpc) is 3.53. The number of nitrogens with zero attached hydrogens (tertiary/aromatic N) is 4. The van der Waals surface area contributed by atoms with E-state index < -0.39 is 5.82 Å². The number of hydrogen-bond acceptors (Lipinski definition) is 7. The SMILES string of the molecule is COc1cc(-c2cc(C(=O)N3CC[C@H](C(=O)NC4CCC5(COC5)c5cccnc54)CC34CC4)n[nH]2)c(F)cn1. The van der Waals surface area contributed by atoms with Gasteiger partial charge in [0.2, 0.25) is 11.8 Å². The molecule has 3 aromatic rings. The lowest BCUT2D eigenvalue weighted by Gasteiger charge is -2.47. The van der Waals surface area contributed by atoms with Crippen LogP contribution < -0.4 is 10.1 Å². The molecule has 0 bridgehead atoms. The molecule has 1 unspecified atom stereocenters. The third-order valence-electron chi connectivity index (χ3n) is 9.19. The minimum atomic E-state index is -0.541. The van der Waals surface area contributed by atoms with E-state index in [1.54, 1.807) is 12.3 Å². The molecule has 7 rings (SSSR count). The Kier molecular flexibility index (Phi) is 5.88. The molecule has 2 saturated heterocycles. The Balaban J connectivity index is 1.04. The van der Waals surface area contributed by atoms with Crippen LogP contribution in [0.2, 0.25) is 0 Å². The fraction of sp³-hybridized carbons (Fsp3) is 0.483. The van der Waals surface area contributed by atoms with E-state index in [2.05, 4.69) is 31.5 Å². The van der Waals surface area contributed by atoms with Crippen molar-refractivity contribution in [3.05, 3.63) is 59.4 Å². The molecule has 11 heteroatoms. The number of amides is 2. The molecule has 10 nitrogen and oxygen atoms in total. The van der Waals surface area contributed by atoms with E-state index in [0.29, 0.717) is 38.3 Å². The maximum absolute atomic E-state index is 14.4. The minimum Gasteiger partial charge on any atom is -0.481 e. The van der Waals surface area contributed by atoms with Gasteiger partial charge in [-0.05, 0) is 56.2 Å². The van der Waals surface area contributed by atoms with Gasteiger partial charge in [0.15, 0.2) is 11.5 Å². The fourth-order valence-electron chi connectivity index (χ4n) is 6.71. The Hall–Kier alpha value is -3.86. The highest BCUT2D eigenvalue weighted by molar-refractivity contribution is 5.94. The van der Waals surface area contributed by atoms with Crippen LogP contribution in [-0.2, 0) is 14.9 Å². The van der Waals surface area contributed by atoms with Crippen molar-refractivity contribution in [2.45, 2.75) is 55.5 Å². The second kappa shape index (κ2) is 9.36. The number of fused-ring (bicyclic) bond motifs is 2. The second-order valence-electron chi connectivity index (χ2n) is 11.6. The lowest BCUT2D eigenvalue weighted by molar-refractivity contribution is -0.128. The topological polar surface area (TPSA) is 122 Å². The van der Waals surface area contributed by atoms with Crippen LogP contribution in [0.4, 0.5) is 4.39 Å². The molecule has 1 saturated carbocycles. The fourth-order valence-corrected chi connectivity index (χ4v) is 6.71. The highest BCUT2D eigenvalue weighted by Crippen LogP contribution is 2.51. The molecule has 2 aliphatic carbocycles. The number of rotatable bonds is 5. The van der Waals surface area contributed by atoms with E-state index in [-0.39, 0.29) is 51.9 Å². The van der Waals surface area contributed by atoms with Crippen molar-refractivity contribution < 1.29 is 23.5 Å². The number of aromatic amines is 1. The molecule has 3 fully saturated rings. The van der Waals surface area contributed by atoms with Crippen molar-refractivity contribution in [2.24, 2.45) is 5.92 Å². The van der Waals surface area contributed by atoms with Crippen LogP contribution in [-0.4, -0.2) is 69.3 Å². The summed E-state index contributed by atoms with van der Waals surface area (Å²) in [6.45, 7) is 1.89. The van der Waals surface area contributed by atoms with Crippen LogP contribution in [0.3, 0.4) is 0 Å². The maximum atomic E-state index is 14.4. The summed E-state index contributed by atoms with van der Waals surface area (Å²) in [7, 11) is 1.45. The molecule has 208 valence electrons. The molecule has 2 spiro atoms. The van der Waals surface area contributed by atoms with Crippen LogP contribution in [0, 0.1) is 11.7 Å². The standard InChI is InChI=1S/C29H31FN6O4/c1-39-24-11-18(20(30)14-32-24)22-12-23(35-34-22)27(38)36-10-5-17(13-29(36)7-8-29)26(37)33-21-4-6-28(15-40-16-28)19-3-2-9-31-25(19)21/h2-3,9,11-12,14,17,21H,4-8,10,13,15-16H2,1H3,(H,33,37)(H,34,35)/t17-,21?/m0/s1. The first-order chi connectivity index (χ1) is 19.4. The molecule has 5 heterocycles. The number of aromatic nitrogens is 4. The van der Waals surface area contributed by atoms with Crippen molar-refractivity contribution in [3.63, 3.8) is 0 Å². The number of pyridine rings is 2. The van der Waals surface area contributed by atoms with Crippen molar-refractivity contribution in [3.8, 4) is 17.1 Å². The zero-order valence-electron chi connectivity index (χ0n) is 22.3. The number of likely N-dealkylation sites (tertiary alicyclic amines) is 1. The minimum absolute atomic E-state index is 0.0324. The molecule has 3 aromatic heterocycles. The third kappa shape index (κ3) is 4.06. The number of methoxy groups -OCH3 is 1. The van der Waals surface area contributed by atoms with Crippen LogP contribution in [0.1, 0.15) is 66.3 Å². The van der Waals surface area contributed by atoms with Gasteiger partial charge in [-0.2, -0.15) is 5.10 Å². The number of H-pyrrole nitrogens is 1. The molecule has 0 aromatic carbocycles. The van der Waals surface area contributed by atoms with Crippen molar-refractivity contribution in [1.29, 1.82) is 0 Å². The Morgan fingerprint density at radius 3 is 2.80 bits per heavy atom. The summed E-state index contributed by atoms with van der Waals surface area (Å²) >= 11 is 0. The largest absolute Gasteiger partial charge is 0.481 e. The smallest absolute Gasteiger partial charge is 0.274 e. The van der Waals surface area contributed by atoms with E-state index in [0.717, 1.165) is 37.6 Å². The number of ether oxygens (including phenoxy) is 2. The molecule has 40 heavy (non-hydrogen) atoms. The molecule has 2 amide bonds. The highest BCUT2D eigenvalue weighted by atomic mass is 19.1. The lowest BCUT2D eigenvalue weighted by Crippen LogP contribution is -2.53. The molecular weight excluding hydrogens is 515 g/mol. The Morgan fingerprint density at radius 1 is 1.20 bits per heavy atom. The van der Waals surface area contributed by atoms with Crippen LogP contribution >= 0.6 is 0 Å². The summed E-state index contributed by atoms with van der Waals surface area (Å²) in [5.41, 5.74) is 2.67. The summed E-state index contributed by atoms with van der Waals surface area (Å²) in [6, 6.07) is 6.98. The first-order valence-electron chi connectivity index (χ1n) is 13.8. The Morgan fingerprint density at radius 2 is 2.05 bits per heavy atom. The normalized spacial score (nSPS) is 23.8. The van der Waals surface area contributed by atoms with Crippen LogP contribution in [0.15, 0.2) is 36.7 Å². The van der Waals surface area contributed by atoms with Crippen molar-refractivity contribution >= 4 is 11.8 Å². The summed E-state index contributed by atoms with van der Waals surface area (Å²) < 4.78 is 25.0. The highest BCUT2D eigenvalue weighted by Gasteiger charge is 2.55. The second-order valence-corrected chi connectivity index (χ2v) is 11.6. The number of carbonyl (C=O) groups is 2. The summed E-state index contributed by atoms with van der Waals surface area (Å²) in [4.78, 5) is 37.4. The first kappa shape index (κ1) is 25.1. The van der Waals surface area contributed by atoms with E-state index in [4.69, 9.17) is 9.47 Å². The monoisotopic (exact) mass is 546 g/mol. The van der Waals surface area contributed by atoms with Crippen LogP contribution in [0.5, 0.6) is 5.88 Å². The van der Waals surface area contributed by atoms with Gasteiger partial charge in [-0.1, -0.05) is 6.07 Å². The van der Waals surface area contributed by atoms with E-state index in [1.165, 1.54) is 18.7 Å². The van der Waals surface area contributed by atoms with Gasteiger partial charge >= 0.3 is 0 Å². The first-order valence-corrected chi connectivity index (χ1v) is 13.8. The zero-order chi connectivity index (χ0) is 27.5. The van der Waals surface area contributed by atoms with E-state index in [1.807, 2.05) is 11.0 Å². The van der Waals surface area contributed by atoms with Crippen molar-refractivity contribution in [1.82, 2.24) is 30.4 Å². The van der Waals surface area contributed by atoms with Gasteiger partial charge in [0.05, 0.1) is 44.0 Å². The molecule has 2 atom stereocenters. The molecule has 0 radical (unpaired) electrons. The third-order valence-corrected chi connectivity index (χ3v) is 9.19.